The number of rotatable bonds is 7. The lowest BCUT2D eigenvalue weighted by Crippen LogP contribution is -2.61. The van der Waals surface area contributed by atoms with Gasteiger partial charge in [0.1, 0.15) is 5.92 Å². The highest BCUT2D eigenvalue weighted by Crippen LogP contribution is 2.38. The van der Waals surface area contributed by atoms with Gasteiger partial charge in [-0.1, -0.05) is 30.3 Å². The zero-order chi connectivity index (χ0) is 23.1. The van der Waals surface area contributed by atoms with Crippen molar-refractivity contribution in [3.8, 4) is 0 Å². The van der Waals surface area contributed by atoms with Crippen LogP contribution < -0.4 is 5.32 Å². The number of carbonyl (C=O) groups excluding carboxylic acids is 3. The molecule has 1 aromatic carbocycles. The number of allylic oxidation sites excluding steroid dienone is 1. The maximum atomic E-state index is 13.2. The number of amides is 3. The lowest BCUT2D eigenvalue weighted by atomic mass is 9.82. The summed E-state index contributed by atoms with van der Waals surface area (Å²) in [6, 6.07) is 4.37. The van der Waals surface area contributed by atoms with Crippen molar-refractivity contribution in [1.29, 1.82) is 5.39 Å². The first-order valence-electron chi connectivity index (χ1n) is 9.63. The Balaban J connectivity index is 2.75. The number of nitrogens with one attached hydrogen (secondary N) is 1. The minimum absolute atomic E-state index is 0.104. The zero-order valence-electron chi connectivity index (χ0n) is 17.6. The summed E-state index contributed by atoms with van der Waals surface area (Å²) in [5, 5.41) is 21.7. The number of aliphatic hydroxyl groups is 1. The Morgan fingerprint density at radius 2 is 2.06 bits per heavy atom. The first-order chi connectivity index (χ1) is 14.8. The summed E-state index contributed by atoms with van der Waals surface area (Å²) in [7, 11) is 1.06. The van der Waals surface area contributed by atoms with E-state index in [0.717, 1.165) is 17.6 Å². The monoisotopic (exact) mass is 429 g/mol. The van der Waals surface area contributed by atoms with Gasteiger partial charge in [0.05, 0.1) is 19.8 Å². The Kier molecular flexibility index (Phi) is 7.74. The molecule has 1 saturated heterocycles. The van der Waals surface area contributed by atoms with Gasteiger partial charge in [-0.3, -0.25) is 9.59 Å². The topological polar surface area (TPSA) is 133 Å². The fraction of sp³-hybridized carbons (Fsp3) is 0.381. The van der Waals surface area contributed by atoms with Gasteiger partial charge in [-0.15, -0.1) is 6.58 Å². The minimum atomic E-state index is -1.15. The molecule has 2 rings (SSSR count). The Labute approximate surface area is 179 Å². The predicted octanol–water partition coefficient (Wildman–Crippen LogP) is 2.80. The molecule has 3 atom stereocenters. The first-order valence-corrected chi connectivity index (χ1v) is 9.63. The molecule has 164 valence electrons. The van der Waals surface area contributed by atoms with Crippen molar-refractivity contribution in [3.05, 3.63) is 64.7 Å². The average molecular weight is 429 g/mol. The highest BCUT2D eigenvalue weighted by Gasteiger charge is 2.52. The van der Waals surface area contributed by atoms with Crippen LogP contribution in [0.2, 0.25) is 0 Å². The van der Waals surface area contributed by atoms with Crippen molar-refractivity contribution in [2.24, 2.45) is 5.92 Å². The quantitative estimate of drug-likeness (QED) is 0.224. The Morgan fingerprint density at radius 1 is 1.39 bits per heavy atom. The molecule has 31 heavy (non-hydrogen) atoms. The van der Waals surface area contributed by atoms with Gasteiger partial charge in [-0.25, -0.2) is 9.69 Å². The summed E-state index contributed by atoms with van der Waals surface area (Å²) in [5.74, 6) is -3.73. The second kappa shape index (κ2) is 10.2. The van der Waals surface area contributed by atoms with Crippen LogP contribution in [0.4, 0.5) is 4.79 Å². The molecule has 0 aliphatic carbocycles. The van der Waals surface area contributed by atoms with Crippen LogP contribution in [0.1, 0.15) is 31.0 Å². The Hall–Kier alpha value is -3.87. The van der Waals surface area contributed by atoms with Crippen LogP contribution in [0, 0.1) is 11.3 Å². The SMILES string of the molecule is C=CCc1ccccc1C1C(C(=O)OCC)C(C)NC(=O)N1C(=O)/C([N+]#N)=C(\O)OC. The average Bonchev–Trinajstić information content (AvgIpc) is 2.74. The smallest absolute Gasteiger partial charge is 0.475 e. The second-order valence-corrected chi connectivity index (χ2v) is 6.79. The van der Waals surface area contributed by atoms with Crippen LogP contribution in [-0.4, -0.2) is 47.7 Å². The van der Waals surface area contributed by atoms with Crippen LogP contribution in [0.25, 0.3) is 4.98 Å². The van der Waals surface area contributed by atoms with E-state index in [-0.39, 0.29) is 6.61 Å². The molecule has 3 unspecified atom stereocenters. The normalized spacial score (nSPS) is 21.3. The van der Waals surface area contributed by atoms with Crippen molar-refractivity contribution in [1.82, 2.24) is 10.2 Å². The van der Waals surface area contributed by atoms with Crippen LogP contribution in [0.5, 0.6) is 0 Å². The lowest BCUT2D eigenvalue weighted by molar-refractivity contribution is -0.153. The lowest BCUT2D eigenvalue weighted by Gasteiger charge is -2.42. The number of hydrogen-bond donors (Lipinski definition) is 2. The van der Waals surface area contributed by atoms with Crippen LogP contribution in [0.3, 0.4) is 0 Å². The second-order valence-electron chi connectivity index (χ2n) is 6.79. The van der Waals surface area contributed by atoms with E-state index in [9.17, 15) is 24.9 Å². The molecule has 3 amide bonds. The molecule has 1 aromatic rings. The van der Waals surface area contributed by atoms with E-state index in [2.05, 4.69) is 21.6 Å². The fourth-order valence-electron chi connectivity index (χ4n) is 3.59. The summed E-state index contributed by atoms with van der Waals surface area (Å²) in [4.78, 5) is 42.5. The van der Waals surface area contributed by atoms with E-state index >= 15 is 0 Å². The van der Waals surface area contributed by atoms with Gasteiger partial charge in [0.25, 0.3) is 0 Å². The summed E-state index contributed by atoms with van der Waals surface area (Å²) in [6.45, 7) is 7.11. The molecular formula is C21H25N4O6+. The summed E-state index contributed by atoms with van der Waals surface area (Å²) < 4.78 is 9.80. The van der Waals surface area contributed by atoms with Gasteiger partial charge >= 0.3 is 29.5 Å². The highest BCUT2D eigenvalue weighted by atomic mass is 16.6. The van der Waals surface area contributed by atoms with Gasteiger partial charge in [0.15, 0.2) is 4.98 Å². The van der Waals surface area contributed by atoms with Crippen molar-refractivity contribution in [3.63, 3.8) is 0 Å². The molecule has 1 heterocycles. The molecule has 2 N–H and O–H groups in total. The third-order valence-electron chi connectivity index (χ3n) is 4.94. The zero-order valence-corrected chi connectivity index (χ0v) is 17.6. The van der Waals surface area contributed by atoms with E-state index in [1.165, 1.54) is 0 Å². The third-order valence-corrected chi connectivity index (χ3v) is 4.94. The largest absolute Gasteiger partial charge is 0.528 e. The van der Waals surface area contributed by atoms with E-state index in [1.54, 1.807) is 44.2 Å². The van der Waals surface area contributed by atoms with Crippen molar-refractivity contribution >= 4 is 17.9 Å². The number of aliphatic hydroxyl groups excluding tert-OH is 1. The summed E-state index contributed by atoms with van der Waals surface area (Å²) >= 11 is 0. The number of benzene rings is 1. The van der Waals surface area contributed by atoms with Crippen LogP contribution >= 0.6 is 0 Å². The van der Waals surface area contributed by atoms with Crippen molar-refractivity contribution in [2.75, 3.05) is 13.7 Å². The standard InChI is InChI=1S/C21H24N4O6/c1-5-9-13-10-7-8-11-14(13)17-15(19(27)31-6-2)12(3)23-21(29)25(17)18(26)16(24-22)20(28)30-4/h5,7-8,10-12,15,17H,1,6,9H2,2-4H3,(H-,23,26,28,29)/p+1. The Morgan fingerprint density at radius 3 is 2.65 bits per heavy atom. The van der Waals surface area contributed by atoms with Crippen molar-refractivity contribution in [2.45, 2.75) is 32.4 Å². The molecule has 1 fully saturated rings. The maximum absolute atomic E-state index is 13.2. The first kappa shape index (κ1) is 23.4. The van der Waals surface area contributed by atoms with Crippen molar-refractivity contribution < 1.29 is 29.0 Å². The van der Waals surface area contributed by atoms with E-state index in [4.69, 9.17) is 4.74 Å². The summed E-state index contributed by atoms with van der Waals surface area (Å²) in [5.41, 5.74) is 0.365. The number of esters is 1. The number of carbonyl (C=O) groups is 3. The van der Waals surface area contributed by atoms with E-state index < -0.39 is 47.6 Å². The third kappa shape index (κ3) is 4.66. The molecule has 0 saturated carbocycles. The molecule has 0 bridgehead atoms. The molecule has 1 aliphatic rings. The fourth-order valence-corrected chi connectivity index (χ4v) is 3.59. The Bertz CT molecular complexity index is 951. The number of diazo groups is 1. The van der Waals surface area contributed by atoms with Crippen LogP contribution in [0.15, 0.2) is 48.6 Å². The van der Waals surface area contributed by atoms with Gasteiger partial charge in [-0.2, -0.15) is 0 Å². The highest BCUT2D eigenvalue weighted by molar-refractivity contribution is 6.06. The van der Waals surface area contributed by atoms with Crippen LogP contribution in [-0.2, 0) is 25.5 Å². The van der Waals surface area contributed by atoms with E-state index in [0.29, 0.717) is 12.0 Å². The van der Waals surface area contributed by atoms with E-state index in [1.807, 2.05) is 0 Å². The number of urea groups is 1. The van der Waals surface area contributed by atoms with Gasteiger partial charge in [-0.05, 0) is 31.4 Å². The molecule has 10 heteroatoms. The van der Waals surface area contributed by atoms with Gasteiger partial charge < -0.3 is 19.9 Å². The minimum Gasteiger partial charge on any atom is -0.475 e. The molecule has 0 spiro atoms. The molecule has 0 radical (unpaired) electrons. The number of imide groups is 1. The number of methoxy groups -OCH3 is 1. The molecule has 1 aliphatic heterocycles. The summed E-state index contributed by atoms with van der Waals surface area (Å²) in [6.07, 6.45) is 2.07. The van der Waals surface area contributed by atoms with Gasteiger partial charge in [0, 0.05) is 6.04 Å². The maximum Gasteiger partial charge on any atom is 0.528 e. The number of hydrogen-bond acceptors (Lipinski definition) is 7. The predicted molar refractivity (Wildman–Crippen MR) is 110 cm³/mol. The molecular weight excluding hydrogens is 404 g/mol. The number of ether oxygens (including phenoxy) is 2. The van der Waals surface area contributed by atoms with Gasteiger partial charge in [0.2, 0.25) is 5.39 Å². The number of nitrogens with zero attached hydrogens (tertiary/aromatic N) is 3. The molecule has 0 aromatic heterocycles. The molecule has 10 nitrogen and oxygen atoms in total.